The van der Waals surface area contributed by atoms with Gasteiger partial charge in [-0.05, 0) is 12.1 Å². The Bertz CT molecular complexity index is 798. The van der Waals surface area contributed by atoms with Crippen molar-refractivity contribution in [3.05, 3.63) is 48.3 Å². The number of benzene rings is 1. The second-order valence-electron chi connectivity index (χ2n) is 4.24. The number of carbonyl (C=O) groups excluding carboxylic acids is 1. The number of hydrogen-bond donors (Lipinski definition) is 1. The van der Waals surface area contributed by atoms with Crippen LogP contribution in [0.4, 0.5) is 10.2 Å². The Balaban J connectivity index is 1.94. The number of halogens is 1. The van der Waals surface area contributed by atoms with E-state index < -0.39 is 5.82 Å². The predicted molar refractivity (Wildman–Crippen MR) is 70.5 cm³/mol. The summed E-state index contributed by atoms with van der Waals surface area (Å²) in [6, 6.07) is 5.55. The number of hydrogen-bond acceptors (Lipinski definition) is 5. The average Bonchev–Trinajstić information content (AvgIpc) is 2.83. The second kappa shape index (κ2) is 4.69. The van der Waals surface area contributed by atoms with Crippen LogP contribution in [0.5, 0.6) is 0 Å². The molecule has 2 heterocycles. The van der Waals surface area contributed by atoms with Gasteiger partial charge in [0.25, 0.3) is 0 Å². The number of ketones is 1. The molecule has 6 nitrogen and oxygen atoms in total. The topological polar surface area (TPSA) is 86.7 Å². The summed E-state index contributed by atoms with van der Waals surface area (Å²) in [5, 5.41) is 0. The summed E-state index contributed by atoms with van der Waals surface area (Å²) in [5.74, 6) is -0.425. The second-order valence-corrected chi connectivity index (χ2v) is 4.24. The van der Waals surface area contributed by atoms with Crippen molar-refractivity contribution in [3.63, 3.8) is 0 Å². The molecule has 0 radical (unpaired) electrons. The monoisotopic (exact) mass is 271 g/mol. The predicted octanol–water partition coefficient (Wildman–Crippen LogP) is 1.43. The number of nitrogens with two attached hydrogens (primary N) is 1. The van der Waals surface area contributed by atoms with Crippen LogP contribution < -0.4 is 5.73 Å². The summed E-state index contributed by atoms with van der Waals surface area (Å²) in [5.41, 5.74) is 6.89. The minimum absolute atomic E-state index is 0.0103. The normalized spacial score (nSPS) is 10.8. The Morgan fingerprint density at radius 1 is 1.30 bits per heavy atom. The zero-order valence-corrected chi connectivity index (χ0v) is 10.3. The third-order valence-corrected chi connectivity index (χ3v) is 2.89. The first kappa shape index (κ1) is 12.2. The fraction of sp³-hybridized carbons (Fsp3) is 0.0769. The van der Waals surface area contributed by atoms with Crippen molar-refractivity contribution in [2.45, 2.75) is 6.54 Å². The van der Waals surface area contributed by atoms with Gasteiger partial charge < -0.3 is 10.3 Å². The van der Waals surface area contributed by atoms with Gasteiger partial charge in [0.1, 0.15) is 17.7 Å². The zero-order valence-electron chi connectivity index (χ0n) is 10.3. The molecule has 0 spiro atoms. The highest BCUT2D eigenvalue weighted by atomic mass is 19.1. The summed E-state index contributed by atoms with van der Waals surface area (Å²) < 4.78 is 14.7. The maximum atomic E-state index is 13.1. The minimum atomic E-state index is -0.446. The fourth-order valence-corrected chi connectivity index (χ4v) is 1.92. The number of anilines is 1. The molecule has 3 rings (SSSR count). The molecule has 0 fully saturated rings. The summed E-state index contributed by atoms with van der Waals surface area (Å²) in [7, 11) is 0. The van der Waals surface area contributed by atoms with Crippen LogP contribution in [0.15, 0.2) is 36.9 Å². The van der Waals surface area contributed by atoms with E-state index in [1.54, 1.807) is 10.6 Å². The zero-order chi connectivity index (χ0) is 14.1. The van der Waals surface area contributed by atoms with Gasteiger partial charge in [0, 0.05) is 5.56 Å². The number of fused-ring (bicyclic) bond motifs is 1. The van der Waals surface area contributed by atoms with Gasteiger partial charge in [-0.1, -0.05) is 12.1 Å². The molecular weight excluding hydrogens is 261 g/mol. The molecule has 0 amide bonds. The summed E-state index contributed by atoms with van der Waals surface area (Å²) in [4.78, 5) is 24.0. The number of imidazole rings is 1. The maximum Gasteiger partial charge on any atom is 0.182 e. The molecule has 2 N–H and O–H groups in total. The van der Waals surface area contributed by atoms with Crippen molar-refractivity contribution in [3.8, 4) is 0 Å². The highest BCUT2D eigenvalue weighted by Crippen LogP contribution is 2.15. The van der Waals surface area contributed by atoms with Crippen molar-refractivity contribution in [1.82, 2.24) is 19.5 Å². The molecule has 20 heavy (non-hydrogen) atoms. The lowest BCUT2D eigenvalue weighted by Crippen LogP contribution is -2.10. The molecule has 100 valence electrons. The van der Waals surface area contributed by atoms with Gasteiger partial charge in [0.15, 0.2) is 17.2 Å². The molecule has 0 bridgehead atoms. The smallest absolute Gasteiger partial charge is 0.182 e. The first-order chi connectivity index (χ1) is 9.65. The lowest BCUT2D eigenvalue weighted by Gasteiger charge is -2.03. The van der Waals surface area contributed by atoms with Crippen molar-refractivity contribution in [1.29, 1.82) is 0 Å². The molecule has 7 heteroatoms. The molecule has 2 aromatic heterocycles. The number of carbonyl (C=O) groups is 1. The van der Waals surface area contributed by atoms with Crippen LogP contribution in [0.25, 0.3) is 11.2 Å². The van der Waals surface area contributed by atoms with E-state index in [1.807, 2.05) is 0 Å². The number of Topliss-reactive ketones (excluding diaryl/α,β-unsaturated/α-hetero) is 1. The van der Waals surface area contributed by atoms with Gasteiger partial charge in [0.2, 0.25) is 0 Å². The molecule has 3 aromatic rings. The average molecular weight is 271 g/mol. The maximum absolute atomic E-state index is 13.1. The van der Waals surface area contributed by atoms with Crippen LogP contribution in [0, 0.1) is 5.82 Å². The van der Waals surface area contributed by atoms with Crippen LogP contribution in [0.1, 0.15) is 10.4 Å². The molecular formula is C13H10FN5O. The van der Waals surface area contributed by atoms with E-state index in [0.717, 1.165) is 0 Å². The summed E-state index contributed by atoms with van der Waals surface area (Å²) >= 11 is 0. The van der Waals surface area contributed by atoms with Gasteiger partial charge in [-0.25, -0.2) is 19.3 Å². The Hall–Kier alpha value is -2.83. The molecule has 0 atom stereocenters. The van der Waals surface area contributed by atoms with Crippen LogP contribution in [-0.2, 0) is 6.54 Å². The van der Waals surface area contributed by atoms with Crippen LogP contribution >= 0.6 is 0 Å². The Morgan fingerprint density at radius 2 is 2.15 bits per heavy atom. The summed E-state index contributed by atoms with van der Waals surface area (Å²) in [6.07, 6.45) is 2.77. The van der Waals surface area contributed by atoms with E-state index in [-0.39, 0.29) is 18.1 Å². The van der Waals surface area contributed by atoms with Crippen LogP contribution in [-0.4, -0.2) is 25.3 Å². The molecule has 0 unspecified atom stereocenters. The molecule has 1 aromatic carbocycles. The Kier molecular flexibility index (Phi) is 2.86. The van der Waals surface area contributed by atoms with E-state index in [2.05, 4.69) is 15.0 Å². The molecule has 0 saturated carbocycles. The van der Waals surface area contributed by atoms with Crippen molar-refractivity contribution in [2.75, 3.05) is 5.73 Å². The van der Waals surface area contributed by atoms with Gasteiger partial charge in [-0.2, -0.15) is 0 Å². The van der Waals surface area contributed by atoms with E-state index in [9.17, 15) is 9.18 Å². The highest BCUT2D eigenvalue weighted by molar-refractivity contribution is 5.96. The first-order valence-corrected chi connectivity index (χ1v) is 5.85. The molecule has 0 aliphatic rings. The highest BCUT2D eigenvalue weighted by Gasteiger charge is 2.12. The standard InChI is InChI=1S/C13H10FN5O/c14-9-3-1-2-8(4-9)10(20)5-19-7-18-11-12(15)16-6-17-13(11)19/h1-4,6-7H,5H2,(H2,15,16,17). The molecule has 0 saturated heterocycles. The number of nitrogen functional groups attached to an aromatic ring is 1. The molecule has 0 aliphatic carbocycles. The lowest BCUT2D eigenvalue weighted by molar-refractivity contribution is 0.0972. The Labute approximate surface area is 113 Å². The Morgan fingerprint density at radius 3 is 2.95 bits per heavy atom. The van der Waals surface area contributed by atoms with Gasteiger partial charge in [0.05, 0.1) is 12.9 Å². The third kappa shape index (κ3) is 2.09. The third-order valence-electron chi connectivity index (χ3n) is 2.89. The van der Waals surface area contributed by atoms with Crippen molar-refractivity contribution in [2.24, 2.45) is 0 Å². The molecule has 0 aliphatic heterocycles. The van der Waals surface area contributed by atoms with Crippen molar-refractivity contribution < 1.29 is 9.18 Å². The van der Waals surface area contributed by atoms with Gasteiger partial charge in [-0.15, -0.1) is 0 Å². The van der Waals surface area contributed by atoms with Crippen LogP contribution in [0.2, 0.25) is 0 Å². The SMILES string of the molecule is Nc1ncnc2c1ncn2CC(=O)c1cccc(F)c1. The number of aromatic nitrogens is 4. The fourth-order valence-electron chi connectivity index (χ4n) is 1.92. The van der Waals surface area contributed by atoms with E-state index >= 15 is 0 Å². The quantitative estimate of drug-likeness (QED) is 0.728. The van der Waals surface area contributed by atoms with E-state index in [4.69, 9.17) is 5.73 Å². The minimum Gasteiger partial charge on any atom is -0.382 e. The number of nitrogens with zero attached hydrogens (tertiary/aromatic N) is 4. The van der Waals surface area contributed by atoms with Gasteiger partial charge in [-0.3, -0.25) is 4.79 Å². The van der Waals surface area contributed by atoms with Gasteiger partial charge >= 0.3 is 0 Å². The number of rotatable bonds is 3. The van der Waals surface area contributed by atoms with Crippen molar-refractivity contribution >= 4 is 22.8 Å². The van der Waals surface area contributed by atoms with E-state index in [1.165, 1.54) is 30.9 Å². The van der Waals surface area contributed by atoms with Crippen LogP contribution in [0.3, 0.4) is 0 Å². The largest absolute Gasteiger partial charge is 0.382 e. The summed E-state index contributed by atoms with van der Waals surface area (Å²) in [6.45, 7) is 0.0103. The first-order valence-electron chi connectivity index (χ1n) is 5.85. The lowest BCUT2D eigenvalue weighted by atomic mass is 10.1. The van der Waals surface area contributed by atoms with E-state index in [0.29, 0.717) is 16.7 Å².